The lowest BCUT2D eigenvalue weighted by molar-refractivity contribution is -0.139. The molecule has 156 valence electrons. The minimum Gasteiger partial charge on any atom is -0.518 e. The van der Waals surface area contributed by atoms with E-state index in [9.17, 15) is 4.79 Å². The second-order valence-electron chi connectivity index (χ2n) is 9.21. The van der Waals surface area contributed by atoms with Crippen LogP contribution in [0.15, 0.2) is 0 Å². The molecule has 0 amide bonds. The molecule has 0 aliphatic heterocycles. The average Bonchev–Trinajstić information content (AvgIpc) is 3.34. The van der Waals surface area contributed by atoms with E-state index in [1.165, 1.54) is 76.7 Å². The van der Waals surface area contributed by atoms with E-state index < -0.39 is 8.32 Å². The van der Waals surface area contributed by atoms with E-state index >= 15 is 0 Å². The molecule has 1 unspecified atom stereocenters. The lowest BCUT2D eigenvalue weighted by Crippen LogP contribution is -2.49. The first-order chi connectivity index (χ1) is 13.0. The number of hydrogen-bond acceptors (Lipinski definition) is 3. The third-order valence-electron chi connectivity index (χ3n) is 6.67. The Morgan fingerprint density at radius 2 is 1.56 bits per heavy atom. The van der Waals surface area contributed by atoms with Crippen LogP contribution in [0.5, 0.6) is 0 Å². The van der Waals surface area contributed by atoms with Crippen LogP contribution in [0.1, 0.15) is 98.3 Å². The highest BCUT2D eigenvalue weighted by Crippen LogP contribution is 2.53. The first-order valence-corrected chi connectivity index (χ1v) is 15.0. The van der Waals surface area contributed by atoms with E-state index in [0.29, 0.717) is 9.76 Å². The van der Waals surface area contributed by atoms with Gasteiger partial charge < -0.3 is 8.85 Å². The maximum absolute atomic E-state index is 13.1. The van der Waals surface area contributed by atoms with Crippen LogP contribution < -0.4 is 0 Å². The maximum Gasteiger partial charge on any atom is 0.295 e. The van der Waals surface area contributed by atoms with Gasteiger partial charge in [0.15, 0.2) is 0 Å². The van der Waals surface area contributed by atoms with Crippen molar-refractivity contribution >= 4 is 24.0 Å². The van der Waals surface area contributed by atoms with Crippen molar-refractivity contribution < 1.29 is 13.6 Å². The van der Waals surface area contributed by atoms with Crippen molar-refractivity contribution in [3.05, 3.63) is 0 Å². The van der Waals surface area contributed by atoms with Gasteiger partial charge in [0.1, 0.15) is 0 Å². The number of unbranched alkanes of at least 4 members (excludes halogenated alkanes) is 2. The number of hydrogen-bond donors (Lipinski definition) is 0. The van der Waals surface area contributed by atoms with Crippen molar-refractivity contribution in [3.63, 3.8) is 0 Å². The van der Waals surface area contributed by atoms with Crippen LogP contribution >= 0.6 is 0 Å². The fraction of sp³-hybridized carbons (Fsp3) is 0.955. The fourth-order valence-electron chi connectivity index (χ4n) is 5.15. The molecule has 2 radical (unpaired) electrons. The molecule has 0 spiro atoms. The van der Waals surface area contributed by atoms with Crippen LogP contribution in [0.2, 0.25) is 23.2 Å². The summed E-state index contributed by atoms with van der Waals surface area (Å²) in [4.78, 5) is 13.1. The molecule has 2 rings (SSSR count). The van der Waals surface area contributed by atoms with E-state index in [0.717, 1.165) is 17.1 Å². The minimum atomic E-state index is -2.04. The Kier molecular flexibility index (Phi) is 10.1. The van der Waals surface area contributed by atoms with Gasteiger partial charge in [-0.05, 0) is 62.7 Å². The van der Waals surface area contributed by atoms with Crippen LogP contribution in [0, 0.1) is 5.92 Å². The summed E-state index contributed by atoms with van der Waals surface area (Å²) in [6.07, 6.45) is 14.7. The van der Waals surface area contributed by atoms with Gasteiger partial charge in [-0.3, -0.25) is 4.79 Å². The predicted molar refractivity (Wildman–Crippen MR) is 117 cm³/mol. The Morgan fingerprint density at radius 1 is 1.00 bits per heavy atom. The number of carbonyl (C=O) groups is 1. The second-order valence-corrected chi connectivity index (χ2v) is 14.4. The van der Waals surface area contributed by atoms with Crippen LogP contribution in [0.3, 0.4) is 0 Å². The van der Waals surface area contributed by atoms with Gasteiger partial charge in [-0.2, -0.15) is 0 Å². The van der Waals surface area contributed by atoms with Crippen molar-refractivity contribution in [1.82, 2.24) is 0 Å². The van der Waals surface area contributed by atoms with E-state index in [1.807, 2.05) is 6.92 Å². The summed E-state index contributed by atoms with van der Waals surface area (Å²) >= 11 is 0. The van der Waals surface area contributed by atoms with Gasteiger partial charge in [0, 0.05) is 6.10 Å². The molecule has 3 nitrogen and oxygen atoms in total. The summed E-state index contributed by atoms with van der Waals surface area (Å²) in [6, 6.07) is 2.03. The van der Waals surface area contributed by atoms with Gasteiger partial charge in [-0.15, -0.1) is 0 Å². The highest BCUT2D eigenvalue weighted by Gasteiger charge is 2.53. The molecule has 2 saturated carbocycles. The molecule has 0 heterocycles. The number of carbonyl (C=O) groups excluding carboxylic acids is 1. The molecular weight excluding hydrogens is 368 g/mol. The lowest BCUT2D eigenvalue weighted by Gasteiger charge is -2.41. The molecular formula is C22H42O3Si2. The predicted octanol–water partition coefficient (Wildman–Crippen LogP) is 6.65. The van der Waals surface area contributed by atoms with Crippen molar-refractivity contribution in [2.75, 3.05) is 0 Å². The second kappa shape index (κ2) is 11.8. The third kappa shape index (κ3) is 6.71. The standard InChI is InChI=1S/C22H42O3Si2/c1-5-6-11-16-27(20-12-7-8-13-20,21-14-9-10-15-21)25-22(23)19(4)17-26-24-18(2)3/h18-21H,5-17H2,1-4H3. The molecule has 2 aliphatic rings. The summed E-state index contributed by atoms with van der Waals surface area (Å²) in [5, 5.41) is 0. The lowest BCUT2D eigenvalue weighted by atomic mass is 10.2. The summed E-state index contributed by atoms with van der Waals surface area (Å²) in [5.74, 6) is 0.0692. The van der Waals surface area contributed by atoms with E-state index in [-0.39, 0.29) is 18.0 Å². The molecule has 0 aromatic rings. The normalized spacial score (nSPS) is 20.5. The van der Waals surface area contributed by atoms with Crippen LogP contribution in [0.4, 0.5) is 0 Å². The van der Waals surface area contributed by atoms with Crippen LogP contribution in [-0.4, -0.2) is 30.2 Å². The summed E-state index contributed by atoms with van der Waals surface area (Å²) in [6.45, 7) is 8.44. The summed E-state index contributed by atoms with van der Waals surface area (Å²) in [7, 11) is -1.64. The zero-order valence-electron chi connectivity index (χ0n) is 18.2. The molecule has 0 aromatic heterocycles. The Labute approximate surface area is 171 Å². The van der Waals surface area contributed by atoms with Gasteiger partial charge in [0.25, 0.3) is 14.3 Å². The minimum absolute atomic E-state index is 0.0251. The first-order valence-electron chi connectivity index (χ1n) is 11.6. The Balaban J connectivity index is 2.10. The zero-order chi connectivity index (χ0) is 19.7. The van der Waals surface area contributed by atoms with Gasteiger partial charge >= 0.3 is 0 Å². The monoisotopic (exact) mass is 410 g/mol. The van der Waals surface area contributed by atoms with Gasteiger partial charge in [-0.1, -0.05) is 58.8 Å². The molecule has 27 heavy (non-hydrogen) atoms. The van der Waals surface area contributed by atoms with Crippen LogP contribution in [0.25, 0.3) is 0 Å². The highest BCUT2D eigenvalue weighted by atomic mass is 28.4. The Bertz CT molecular complexity index is 413. The largest absolute Gasteiger partial charge is 0.518 e. The Hall–Kier alpha value is -0.136. The molecule has 0 aromatic carbocycles. The molecule has 2 aliphatic carbocycles. The molecule has 2 fully saturated rings. The smallest absolute Gasteiger partial charge is 0.295 e. The van der Waals surface area contributed by atoms with Gasteiger partial charge in [0.05, 0.1) is 5.92 Å². The van der Waals surface area contributed by atoms with Gasteiger partial charge in [-0.25, -0.2) is 0 Å². The van der Waals surface area contributed by atoms with Crippen molar-refractivity contribution in [1.29, 1.82) is 0 Å². The topological polar surface area (TPSA) is 35.5 Å². The molecule has 1 atom stereocenters. The van der Waals surface area contributed by atoms with E-state index in [1.54, 1.807) is 0 Å². The van der Waals surface area contributed by atoms with Crippen molar-refractivity contribution in [2.45, 2.75) is 128 Å². The van der Waals surface area contributed by atoms with E-state index in [4.69, 9.17) is 8.85 Å². The zero-order valence-corrected chi connectivity index (χ0v) is 20.2. The van der Waals surface area contributed by atoms with Gasteiger partial charge in [0.2, 0.25) is 9.76 Å². The molecule has 0 saturated heterocycles. The quantitative estimate of drug-likeness (QED) is 0.267. The average molecular weight is 411 g/mol. The molecule has 5 heteroatoms. The Morgan fingerprint density at radius 3 is 2.04 bits per heavy atom. The summed E-state index contributed by atoms with van der Waals surface area (Å²) < 4.78 is 12.4. The fourth-order valence-corrected chi connectivity index (χ4v) is 12.1. The third-order valence-corrected chi connectivity index (χ3v) is 13.7. The number of rotatable bonds is 12. The highest BCUT2D eigenvalue weighted by molar-refractivity contribution is 6.78. The maximum atomic E-state index is 13.1. The molecule has 0 bridgehead atoms. The SMILES string of the molecule is CCCCC[Si](OC(=O)C(C)C[Si]OC(C)C)(C1CCCC1)C1CCCC1. The van der Waals surface area contributed by atoms with Crippen molar-refractivity contribution in [2.24, 2.45) is 5.92 Å². The summed E-state index contributed by atoms with van der Waals surface area (Å²) in [5.41, 5.74) is 1.45. The molecule has 0 N–H and O–H groups in total. The van der Waals surface area contributed by atoms with E-state index in [2.05, 4.69) is 20.8 Å². The first kappa shape index (κ1) is 23.1. The van der Waals surface area contributed by atoms with Crippen LogP contribution in [-0.2, 0) is 13.6 Å². The van der Waals surface area contributed by atoms with Crippen molar-refractivity contribution in [3.8, 4) is 0 Å².